The Labute approximate surface area is 179 Å². The number of fused-ring (bicyclic) bond motifs is 1. The van der Waals surface area contributed by atoms with Crippen LogP contribution in [-0.2, 0) is 4.79 Å². The van der Waals surface area contributed by atoms with Gasteiger partial charge in [-0.25, -0.2) is 0 Å². The van der Waals surface area contributed by atoms with Crippen molar-refractivity contribution in [3.8, 4) is 0 Å². The van der Waals surface area contributed by atoms with Gasteiger partial charge in [-0.3, -0.25) is 14.5 Å². The summed E-state index contributed by atoms with van der Waals surface area (Å²) >= 11 is 1.06. The predicted octanol–water partition coefficient (Wildman–Crippen LogP) is 6.33. The average molecular weight is 415 g/mol. The number of carbonyl (C=O) groups excluding carboxylic acids is 2. The molecular formula is C24H34N2O2S. The Hall–Kier alpha value is -1.75. The summed E-state index contributed by atoms with van der Waals surface area (Å²) in [5.41, 5.74) is 4.98. The summed E-state index contributed by atoms with van der Waals surface area (Å²) in [6, 6.07) is 4.44. The Morgan fingerprint density at radius 1 is 1.28 bits per heavy atom. The van der Waals surface area contributed by atoms with E-state index in [1.165, 1.54) is 16.2 Å². The highest BCUT2D eigenvalue weighted by atomic mass is 32.2. The van der Waals surface area contributed by atoms with Crippen LogP contribution in [0.4, 0.5) is 10.5 Å². The van der Waals surface area contributed by atoms with Gasteiger partial charge >= 0.3 is 0 Å². The molecule has 5 heteroatoms. The minimum atomic E-state index is -0.159. The lowest BCUT2D eigenvalue weighted by Crippen LogP contribution is -2.48. The van der Waals surface area contributed by atoms with E-state index in [-0.39, 0.29) is 22.7 Å². The fourth-order valence-electron chi connectivity index (χ4n) is 4.64. The SMILES string of the molecule is CCCN1c2cc(C)c(/C=C3\SC(=O)N(C(C)CC)C3=O)cc2C(C)CC1(C)C. The van der Waals surface area contributed by atoms with Crippen LogP contribution < -0.4 is 4.90 Å². The van der Waals surface area contributed by atoms with Gasteiger partial charge in [0.25, 0.3) is 11.1 Å². The molecule has 1 aromatic carbocycles. The molecule has 2 amide bonds. The molecule has 2 unspecified atom stereocenters. The van der Waals surface area contributed by atoms with Crippen molar-refractivity contribution in [3.63, 3.8) is 0 Å². The number of carbonyl (C=O) groups is 2. The van der Waals surface area contributed by atoms with Gasteiger partial charge < -0.3 is 4.90 Å². The average Bonchev–Trinajstić information content (AvgIpc) is 2.92. The lowest BCUT2D eigenvalue weighted by atomic mass is 9.79. The van der Waals surface area contributed by atoms with E-state index >= 15 is 0 Å². The Morgan fingerprint density at radius 2 is 1.97 bits per heavy atom. The Bertz CT molecular complexity index is 859. The summed E-state index contributed by atoms with van der Waals surface area (Å²) in [6.07, 6.45) is 4.90. The molecule has 4 nitrogen and oxygen atoms in total. The van der Waals surface area contributed by atoms with Crippen molar-refractivity contribution in [2.24, 2.45) is 0 Å². The van der Waals surface area contributed by atoms with Crippen LogP contribution in [0.3, 0.4) is 0 Å². The number of aryl methyl sites for hydroxylation is 1. The summed E-state index contributed by atoms with van der Waals surface area (Å²) in [7, 11) is 0. The predicted molar refractivity (Wildman–Crippen MR) is 123 cm³/mol. The first kappa shape index (κ1) is 21.9. The van der Waals surface area contributed by atoms with Crippen LogP contribution in [0.2, 0.25) is 0 Å². The highest BCUT2D eigenvalue weighted by Gasteiger charge is 2.38. The van der Waals surface area contributed by atoms with Crippen LogP contribution >= 0.6 is 11.8 Å². The summed E-state index contributed by atoms with van der Waals surface area (Å²) in [5, 5.41) is -0.157. The van der Waals surface area contributed by atoms with Gasteiger partial charge in [-0.05, 0) is 99.5 Å². The molecule has 1 fully saturated rings. The fraction of sp³-hybridized carbons (Fsp3) is 0.583. The summed E-state index contributed by atoms with van der Waals surface area (Å²) in [4.78, 5) is 29.7. The number of thioether (sulfide) groups is 1. The molecule has 158 valence electrons. The molecule has 1 aromatic rings. The summed E-state index contributed by atoms with van der Waals surface area (Å²) in [6.45, 7) is 16.2. The molecule has 29 heavy (non-hydrogen) atoms. The van der Waals surface area contributed by atoms with Crippen molar-refractivity contribution >= 4 is 34.7 Å². The number of nitrogens with zero attached hydrogens (tertiary/aromatic N) is 2. The van der Waals surface area contributed by atoms with Gasteiger partial charge in [-0.15, -0.1) is 0 Å². The van der Waals surface area contributed by atoms with E-state index in [2.05, 4.69) is 51.7 Å². The molecule has 3 rings (SSSR count). The van der Waals surface area contributed by atoms with E-state index in [4.69, 9.17) is 0 Å². The second-order valence-corrected chi connectivity index (χ2v) is 10.1. The highest BCUT2D eigenvalue weighted by Crippen LogP contribution is 2.45. The number of amides is 2. The third-order valence-electron chi connectivity index (χ3n) is 6.36. The van der Waals surface area contributed by atoms with Gasteiger partial charge in [0, 0.05) is 23.8 Å². The van der Waals surface area contributed by atoms with Gasteiger partial charge in [0.1, 0.15) is 0 Å². The molecule has 0 saturated carbocycles. The Morgan fingerprint density at radius 3 is 2.59 bits per heavy atom. The Kier molecular flexibility index (Phi) is 6.19. The Balaban J connectivity index is 2.02. The number of imide groups is 1. The second-order valence-electron chi connectivity index (χ2n) is 9.15. The van der Waals surface area contributed by atoms with Crippen molar-refractivity contribution in [3.05, 3.63) is 33.7 Å². The van der Waals surface area contributed by atoms with Gasteiger partial charge in [0.05, 0.1) is 4.91 Å². The fourth-order valence-corrected chi connectivity index (χ4v) is 5.56. The minimum absolute atomic E-state index is 0.0668. The van der Waals surface area contributed by atoms with Crippen LogP contribution in [0.15, 0.2) is 17.0 Å². The second kappa shape index (κ2) is 8.17. The van der Waals surface area contributed by atoms with E-state index in [0.717, 1.165) is 48.7 Å². The summed E-state index contributed by atoms with van der Waals surface area (Å²) < 4.78 is 0. The molecule has 2 heterocycles. The zero-order valence-electron chi connectivity index (χ0n) is 18.8. The van der Waals surface area contributed by atoms with Crippen LogP contribution in [0.25, 0.3) is 6.08 Å². The number of benzene rings is 1. The molecule has 0 aromatic heterocycles. The van der Waals surface area contributed by atoms with Crippen molar-refractivity contribution in [1.29, 1.82) is 0 Å². The molecule has 0 spiro atoms. The molecule has 2 atom stereocenters. The quantitative estimate of drug-likeness (QED) is 0.528. The minimum Gasteiger partial charge on any atom is -0.366 e. The van der Waals surface area contributed by atoms with E-state index in [9.17, 15) is 9.59 Å². The summed E-state index contributed by atoms with van der Waals surface area (Å²) in [5.74, 6) is 0.296. The van der Waals surface area contributed by atoms with E-state index in [1.807, 2.05) is 19.9 Å². The molecule has 0 aliphatic carbocycles. The number of hydrogen-bond acceptors (Lipinski definition) is 4. The van der Waals surface area contributed by atoms with E-state index < -0.39 is 0 Å². The first-order chi connectivity index (χ1) is 13.6. The molecule has 0 bridgehead atoms. The maximum atomic E-state index is 12.8. The number of rotatable bonds is 5. The van der Waals surface area contributed by atoms with Crippen LogP contribution in [0.5, 0.6) is 0 Å². The van der Waals surface area contributed by atoms with Gasteiger partial charge in [-0.2, -0.15) is 0 Å². The molecule has 2 aliphatic rings. The molecule has 2 aliphatic heterocycles. The van der Waals surface area contributed by atoms with Crippen molar-refractivity contribution < 1.29 is 9.59 Å². The maximum absolute atomic E-state index is 12.8. The normalized spacial score (nSPS) is 23.7. The molecular weight excluding hydrogens is 380 g/mol. The number of anilines is 1. The maximum Gasteiger partial charge on any atom is 0.293 e. The smallest absolute Gasteiger partial charge is 0.293 e. The van der Waals surface area contributed by atoms with Crippen LogP contribution in [-0.4, -0.2) is 34.2 Å². The van der Waals surface area contributed by atoms with E-state index in [1.54, 1.807) is 0 Å². The van der Waals surface area contributed by atoms with Gasteiger partial charge in [0.2, 0.25) is 0 Å². The topological polar surface area (TPSA) is 40.6 Å². The molecule has 1 saturated heterocycles. The molecule has 0 radical (unpaired) electrons. The van der Waals surface area contributed by atoms with Gasteiger partial charge in [-0.1, -0.05) is 20.8 Å². The van der Waals surface area contributed by atoms with Crippen LogP contribution in [0.1, 0.15) is 83.4 Å². The first-order valence-corrected chi connectivity index (χ1v) is 11.6. The lowest BCUT2D eigenvalue weighted by Gasteiger charge is -2.48. The lowest BCUT2D eigenvalue weighted by molar-refractivity contribution is -0.124. The third kappa shape index (κ3) is 3.98. The zero-order valence-corrected chi connectivity index (χ0v) is 19.7. The monoisotopic (exact) mass is 414 g/mol. The van der Waals surface area contributed by atoms with Crippen LogP contribution in [0, 0.1) is 6.92 Å². The van der Waals surface area contributed by atoms with Gasteiger partial charge in [0.15, 0.2) is 0 Å². The van der Waals surface area contributed by atoms with Crippen molar-refractivity contribution in [2.75, 3.05) is 11.4 Å². The first-order valence-electron chi connectivity index (χ1n) is 10.8. The standard InChI is InChI=1S/C24H34N2O2S/c1-8-10-25-20-11-15(3)18(12-19(20)16(4)14-24(25,6)7)13-21-22(27)26(17(5)9-2)23(28)29-21/h11-13,16-17H,8-10,14H2,1-7H3/b21-13-. The largest absolute Gasteiger partial charge is 0.366 e. The number of hydrogen-bond donors (Lipinski definition) is 0. The van der Waals surface area contributed by atoms with E-state index in [0.29, 0.717) is 10.8 Å². The highest BCUT2D eigenvalue weighted by molar-refractivity contribution is 8.18. The molecule has 0 N–H and O–H groups in total. The van der Waals surface area contributed by atoms with Crippen molar-refractivity contribution in [2.45, 2.75) is 85.2 Å². The third-order valence-corrected chi connectivity index (χ3v) is 7.25. The van der Waals surface area contributed by atoms with Crippen molar-refractivity contribution in [1.82, 2.24) is 4.90 Å². The zero-order chi connectivity index (χ0) is 21.5.